The third-order valence-electron chi connectivity index (χ3n) is 5.03. The molecule has 1 spiro atoms. The van der Waals surface area contributed by atoms with Crippen LogP contribution in [0.25, 0.3) is 0 Å². The summed E-state index contributed by atoms with van der Waals surface area (Å²) in [4.78, 5) is 6.48. The maximum atomic E-state index is 4.86. The van der Waals surface area contributed by atoms with Crippen LogP contribution in [0.15, 0.2) is 0 Å². The lowest BCUT2D eigenvalue weighted by Crippen LogP contribution is -2.24. The third kappa shape index (κ3) is 2.12. The Morgan fingerprint density at radius 2 is 2.06 bits per heavy atom. The SMILES string of the molecule is C1CCC2(C1)CCc1nc(CNC3CC3)sc1C2. The Hall–Kier alpha value is -0.410. The van der Waals surface area contributed by atoms with E-state index in [4.69, 9.17) is 4.98 Å². The van der Waals surface area contributed by atoms with Crippen molar-refractivity contribution in [2.45, 2.75) is 70.4 Å². The van der Waals surface area contributed by atoms with E-state index in [0.29, 0.717) is 5.41 Å². The lowest BCUT2D eigenvalue weighted by atomic mass is 9.74. The van der Waals surface area contributed by atoms with Gasteiger partial charge in [0.2, 0.25) is 0 Å². The standard InChI is InChI=1S/C15H22N2S/c1-2-7-15(6-1)8-5-12-13(9-15)18-14(17-12)10-16-11-3-4-11/h11,16H,1-10H2. The van der Waals surface area contributed by atoms with Crippen LogP contribution in [-0.2, 0) is 19.4 Å². The summed E-state index contributed by atoms with van der Waals surface area (Å²) in [5.74, 6) is 0. The predicted molar refractivity (Wildman–Crippen MR) is 74.9 cm³/mol. The highest BCUT2D eigenvalue weighted by Gasteiger charge is 2.38. The van der Waals surface area contributed by atoms with E-state index in [1.165, 1.54) is 68.5 Å². The molecule has 3 heteroatoms. The first kappa shape index (κ1) is 11.4. The number of fused-ring (bicyclic) bond motifs is 1. The Morgan fingerprint density at radius 3 is 2.83 bits per heavy atom. The lowest BCUT2D eigenvalue weighted by Gasteiger charge is -2.32. The van der Waals surface area contributed by atoms with Crippen LogP contribution < -0.4 is 5.32 Å². The monoisotopic (exact) mass is 262 g/mol. The first-order chi connectivity index (χ1) is 8.83. The molecule has 0 radical (unpaired) electrons. The number of hydrogen-bond donors (Lipinski definition) is 1. The van der Waals surface area contributed by atoms with E-state index in [1.54, 1.807) is 4.88 Å². The first-order valence-electron chi connectivity index (χ1n) is 7.54. The summed E-state index contributed by atoms with van der Waals surface area (Å²) < 4.78 is 0. The number of hydrogen-bond acceptors (Lipinski definition) is 3. The maximum absolute atomic E-state index is 4.86. The van der Waals surface area contributed by atoms with E-state index in [2.05, 4.69) is 5.32 Å². The number of nitrogens with zero attached hydrogens (tertiary/aromatic N) is 1. The summed E-state index contributed by atoms with van der Waals surface area (Å²) in [6.45, 7) is 1.01. The zero-order valence-electron chi connectivity index (χ0n) is 11.0. The highest BCUT2D eigenvalue weighted by molar-refractivity contribution is 7.11. The Kier molecular flexibility index (Phi) is 2.73. The number of aromatic nitrogens is 1. The van der Waals surface area contributed by atoms with Gasteiger partial charge in [-0.15, -0.1) is 11.3 Å². The molecule has 1 N–H and O–H groups in total. The van der Waals surface area contributed by atoms with Crippen LogP contribution in [0, 0.1) is 5.41 Å². The molecule has 3 aliphatic carbocycles. The first-order valence-corrected chi connectivity index (χ1v) is 8.36. The predicted octanol–water partition coefficient (Wildman–Crippen LogP) is 3.44. The fourth-order valence-corrected chi connectivity index (χ4v) is 4.97. The second-order valence-electron chi connectivity index (χ2n) is 6.52. The van der Waals surface area contributed by atoms with E-state index in [1.807, 2.05) is 11.3 Å². The Balaban J connectivity index is 1.48. The van der Waals surface area contributed by atoms with Crippen molar-refractivity contribution < 1.29 is 0 Å². The zero-order valence-corrected chi connectivity index (χ0v) is 11.8. The van der Waals surface area contributed by atoms with Crippen molar-refractivity contribution in [3.63, 3.8) is 0 Å². The minimum Gasteiger partial charge on any atom is -0.308 e. The summed E-state index contributed by atoms with van der Waals surface area (Å²) in [7, 11) is 0. The smallest absolute Gasteiger partial charge is 0.107 e. The van der Waals surface area contributed by atoms with Crippen molar-refractivity contribution in [3.05, 3.63) is 15.6 Å². The Labute approximate surface area is 113 Å². The molecule has 0 amide bonds. The van der Waals surface area contributed by atoms with Crippen LogP contribution in [0.2, 0.25) is 0 Å². The summed E-state index contributed by atoms with van der Waals surface area (Å²) in [5.41, 5.74) is 2.12. The normalized spacial score (nSPS) is 25.6. The average Bonchev–Trinajstić information content (AvgIpc) is 2.96. The maximum Gasteiger partial charge on any atom is 0.107 e. The van der Waals surface area contributed by atoms with Crippen molar-refractivity contribution >= 4 is 11.3 Å². The second-order valence-corrected chi connectivity index (χ2v) is 7.68. The van der Waals surface area contributed by atoms with Gasteiger partial charge in [0.1, 0.15) is 5.01 Å². The van der Waals surface area contributed by atoms with Crippen LogP contribution in [-0.4, -0.2) is 11.0 Å². The minimum absolute atomic E-state index is 0.681. The molecule has 1 heterocycles. The fourth-order valence-electron chi connectivity index (χ4n) is 3.73. The van der Waals surface area contributed by atoms with Crippen molar-refractivity contribution in [2.75, 3.05) is 0 Å². The lowest BCUT2D eigenvalue weighted by molar-refractivity contribution is 0.256. The Bertz CT molecular complexity index is 441. The molecule has 0 saturated heterocycles. The van der Waals surface area contributed by atoms with E-state index in [9.17, 15) is 0 Å². The van der Waals surface area contributed by atoms with Gasteiger partial charge in [0, 0.05) is 17.5 Å². The third-order valence-corrected chi connectivity index (χ3v) is 6.13. The van der Waals surface area contributed by atoms with Crippen LogP contribution in [0.4, 0.5) is 0 Å². The van der Waals surface area contributed by atoms with Gasteiger partial charge in [0.25, 0.3) is 0 Å². The van der Waals surface area contributed by atoms with Gasteiger partial charge >= 0.3 is 0 Å². The quantitative estimate of drug-likeness (QED) is 0.902. The van der Waals surface area contributed by atoms with Crippen LogP contribution >= 0.6 is 11.3 Å². The number of rotatable bonds is 3. The van der Waals surface area contributed by atoms with Gasteiger partial charge in [-0.05, 0) is 50.4 Å². The molecule has 0 aromatic carbocycles. The molecule has 0 atom stereocenters. The molecule has 98 valence electrons. The van der Waals surface area contributed by atoms with Crippen molar-refractivity contribution in [3.8, 4) is 0 Å². The van der Waals surface area contributed by atoms with Crippen LogP contribution in [0.5, 0.6) is 0 Å². The molecular formula is C15H22N2S. The number of aryl methyl sites for hydroxylation is 1. The molecule has 2 saturated carbocycles. The van der Waals surface area contributed by atoms with Crippen molar-refractivity contribution in [1.82, 2.24) is 10.3 Å². The van der Waals surface area contributed by atoms with Crippen molar-refractivity contribution in [1.29, 1.82) is 0 Å². The zero-order chi connectivity index (χ0) is 12.0. The summed E-state index contributed by atoms with van der Waals surface area (Å²) in [6.07, 6.45) is 12.6. The Morgan fingerprint density at radius 1 is 1.22 bits per heavy atom. The van der Waals surface area contributed by atoms with Crippen molar-refractivity contribution in [2.24, 2.45) is 5.41 Å². The number of thiazole rings is 1. The summed E-state index contributed by atoms with van der Waals surface area (Å²) >= 11 is 1.99. The van der Waals surface area contributed by atoms with Gasteiger partial charge in [-0.25, -0.2) is 4.98 Å². The molecular weight excluding hydrogens is 240 g/mol. The average molecular weight is 262 g/mol. The molecule has 18 heavy (non-hydrogen) atoms. The van der Waals surface area contributed by atoms with E-state index in [-0.39, 0.29) is 0 Å². The van der Waals surface area contributed by atoms with E-state index >= 15 is 0 Å². The molecule has 2 nitrogen and oxygen atoms in total. The largest absolute Gasteiger partial charge is 0.308 e. The van der Waals surface area contributed by atoms with Gasteiger partial charge in [-0.2, -0.15) is 0 Å². The van der Waals surface area contributed by atoms with E-state index < -0.39 is 0 Å². The fraction of sp³-hybridized carbons (Fsp3) is 0.800. The summed E-state index contributed by atoms with van der Waals surface area (Å²) in [6, 6.07) is 0.798. The minimum atomic E-state index is 0.681. The molecule has 1 aromatic heterocycles. The van der Waals surface area contributed by atoms with Crippen LogP contribution in [0.1, 0.15) is 60.5 Å². The molecule has 3 aliphatic rings. The molecule has 2 fully saturated rings. The molecule has 4 rings (SSSR count). The second kappa shape index (κ2) is 4.31. The topological polar surface area (TPSA) is 24.9 Å². The van der Waals surface area contributed by atoms with E-state index in [0.717, 1.165) is 12.6 Å². The van der Waals surface area contributed by atoms with Crippen LogP contribution in [0.3, 0.4) is 0 Å². The molecule has 0 aliphatic heterocycles. The van der Waals surface area contributed by atoms with Gasteiger partial charge in [0.15, 0.2) is 0 Å². The van der Waals surface area contributed by atoms with Gasteiger partial charge in [-0.1, -0.05) is 12.8 Å². The molecule has 0 unspecified atom stereocenters. The summed E-state index contributed by atoms with van der Waals surface area (Å²) in [5, 5.41) is 4.93. The van der Waals surface area contributed by atoms with Gasteiger partial charge < -0.3 is 5.32 Å². The highest BCUT2D eigenvalue weighted by Crippen LogP contribution is 2.48. The van der Waals surface area contributed by atoms with Gasteiger partial charge in [-0.3, -0.25) is 0 Å². The highest BCUT2D eigenvalue weighted by atomic mass is 32.1. The molecule has 1 aromatic rings. The molecule has 0 bridgehead atoms. The number of nitrogens with one attached hydrogen (secondary N) is 1. The van der Waals surface area contributed by atoms with Gasteiger partial charge in [0.05, 0.1) is 5.69 Å².